The SMILES string of the molecule is CC(c1ccc(S(C)(=O)=O)cc1)N(C)C(=O)CCC1CCNCC1.Cl. The Kier molecular flexibility index (Phi) is 8.38. The number of benzene rings is 1. The van der Waals surface area contributed by atoms with E-state index in [0.29, 0.717) is 17.2 Å². The number of halogens is 1. The molecule has 0 radical (unpaired) electrons. The molecule has 0 saturated carbocycles. The molecule has 25 heavy (non-hydrogen) atoms. The van der Waals surface area contributed by atoms with Crippen LogP contribution in [-0.2, 0) is 14.6 Å². The second-order valence-corrected chi connectivity index (χ2v) is 8.77. The molecule has 0 spiro atoms. The first-order valence-electron chi connectivity index (χ1n) is 8.55. The van der Waals surface area contributed by atoms with Gasteiger partial charge in [-0.25, -0.2) is 8.42 Å². The number of rotatable bonds is 6. The lowest BCUT2D eigenvalue weighted by Crippen LogP contribution is -2.31. The first kappa shape index (κ1) is 21.9. The second kappa shape index (κ2) is 9.55. The van der Waals surface area contributed by atoms with Crippen molar-refractivity contribution in [2.24, 2.45) is 5.92 Å². The van der Waals surface area contributed by atoms with Crippen LogP contribution in [0.5, 0.6) is 0 Å². The number of sulfone groups is 1. The van der Waals surface area contributed by atoms with Crippen LogP contribution in [0, 0.1) is 5.92 Å². The number of nitrogens with one attached hydrogen (secondary N) is 1. The summed E-state index contributed by atoms with van der Waals surface area (Å²) in [4.78, 5) is 14.5. The Morgan fingerprint density at radius 1 is 1.24 bits per heavy atom. The van der Waals surface area contributed by atoms with Gasteiger partial charge in [-0.3, -0.25) is 4.79 Å². The third-order valence-corrected chi connectivity index (χ3v) is 6.12. The summed E-state index contributed by atoms with van der Waals surface area (Å²) in [5.41, 5.74) is 0.945. The zero-order chi connectivity index (χ0) is 17.7. The molecule has 0 aromatic heterocycles. The molecule has 1 N–H and O–H groups in total. The van der Waals surface area contributed by atoms with Crippen LogP contribution < -0.4 is 5.32 Å². The fourth-order valence-electron chi connectivity index (χ4n) is 3.11. The molecule has 1 saturated heterocycles. The third kappa shape index (κ3) is 6.28. The van der Waals surface area contributed by atoms with Crippen molar-refractivity contribution in [1.29, 1.82) is 0 Å². The van der Waals surface area contributed by atoms with E-state index in [1.807, 2.05) is 14.0 Å². The molecule has 0 aliphatic carbocycles. The number of hydrogen-bond donors (Lipinski definition) is 1. The zero-order valence-corrected chi connectivity index (χ0v) is 16.8. The third-order valence-electron chi connectivity index (χ3n) is 4.99. The summed E-state index contributed by atoms with van der Waals surface area (Å²) in [5.74, 6) is 0.793. The Morgan fingerprint density at radius 2 is 1.80 bits per heavy atom. The number of amides is 1. The van der Waals surface area contributed by atoms with Gasteiger partial charge >= 0.3 is 0 Å². The van der Waals surface area contributed by atoms with Crippen LogP contribution in [-0.4, -0.2) is 45.6 Å². The molecule has 142 valence electrons. The normalized spacial score (nSPS) is 16.8. The maximum atomic E-state index is 12.4. The van der Waals surface area contributed by atoms with Gasteiger partial charge in [0, 0.05) is 19.7 Å². The van der Waals surface area contributed by atoms with Gasteiger partial charge in [0.1, 0.15) is 0 Å². The van der Waals surface area contributed by atoms with Crippen molar-refractivity contribution in [3.05, 3.63) is 29.8 Å². The van der Waals surface area contributed by atoms with Gasteiger partial charge in [0.25, 0.3) is 0 Å². The van der Waals surface area contributed by atoms with E-state index >= 15 is 0 Å². The summed E-state index contributed by atoms with van der Waals surface area (Å²) >= 11 is 0. The lowest BCUT2D eigenvalue weighted by molar-refractivity contribution is -0.132. The molecule has 1 unspecified atom stereocenters. The summed E-state index contributed by atoms with van der Waals surface area (Å²) in [6.07, 6.45) is 5.03. The quantitative estimate of drug-likeness (QED) is 0.813. The number of nitrogens with zero attached hydrogens (tertiary/aromatic N) is 1. The van der Waals surface area contributed by atoms with Crippen molar-refractivity contribution < 1.29 is 13.2 Å². The highest BCUT2D eigenvalue weighted by atomic mass is 35.5. The highest BCUT2D eigenvalue weighted by Gasteiger charge is 2.20. The Bertz CT molecular complexity index is 655. The van der Waals surface area contributed by atoms with E-state index in [1.165, 1.54) is 6.26 Å². The van der Waals surface area contributed by atoms with Crippen LogP contribution >= 0.6 is 12.4 Å². The molecular weight excluding hydrogens is 360 g/mol. The van der Waals surface area contributed by atoms with Gasteiger partial charge in [0.2, 0.25) is 5.91 Å². The molecule has 7 heteroatoms. The lowest BCUT2D eigenvalue weighted by atomic mass is 9.93. The number of carbonyl (C=O) groups excluding carboxylic acids is 1. The van der Waals surface area contributed by atoms with Crippen molar-refractivity contribution in [2.75, 3.05) is 26.4 Å². The smallest absolute Gasteiger partial charge is 0.222 e. The first-order valence-corrected chi connectivity index (χ1v) is 10.4. The van der Waals surface area contributed by atoms with E-state index in [-0.39, 0.29) is 24.4 Å². The van der Waals surface area contributed by atoms with Gasteiger partial charge in [0.05, 0.1) is 10.9 Å². The van der Waals surface area contributed by atoms with Gasteiger partial charge in [0.15, 0.2) is 9.84 Å². The Hall–Kier alpha value is -1.11. The zero-order valence-electron chi connectivity index (χ0n) is 15.2. The first-order chi connectivity index (χ1) is 11.3. The maximum Gasteiger partial charge on any atom is 0.222 e. The molecule has 1 aliphatic heterocycles. The fourth-order valence-corrected chi connectivity index (χ4v) is 3.74. The summed E-state index contributed by atoms with van der Waals surface area (Å²) in [5, 5.41) is 3.34. The van der Waals surface area contributed by atoms with Crippen LogP contribution in [0.15, 0.2) is 29.2 Å². The van der Waals surface area contributed by atoms with Crippen LogP contribution in [0.3, 0.4) is 0 Å². The molecular formula is C18H29ClN2O3S. The van der Waals surface area contributed by atoms with Gasteiger partial charge in [-0.2, -0.15) is 0 Å². The van der Waals surface area contributed by atoms with Crippen LogP contribution in [0.25, 0.3) is 0 Å². The highest BCUT2D eigenvalue weighted by molar-refractivity contribution is 7.90. The summed E-state index contributed by atoms with van der Waals surface area (Å²) < 4.78 is 23.0. The number of hydrogen-bond acceptors (Lipinski definition) is 4. The largest absolute Gasteiger partial charge is 0.339 e. The van der Waals surface area contributed by atoms with E-state index in [0.717, 1.165) is 37.9 Å². The van der Waals surface area contributed by atoms with Gasteiger partial charge < -0.3 is 10.2 Å². The predicted molar refractivity (Wildman–Crippen MR) is 103 cm³/mol. The predicted octanol–water partition coefficient (Wildman–Crippen LogP) is 2.81. The standard InChI is InChI=1S/C18H28N2O3S.ClH/c1-14(16-5-7-17(8-6-16)24(3,22)23)20(2)18(21)9-4-15-10-12-19-13-11-15;/h5-8,14-15,19H,4,9-13H2,1-3H3;1H. The van der Waals surface area contributed by atoms with Crippen molar-refractivity contribution in [3.63, 3.8) is 0 Å². The van der Waals surface area contributed by atoms with Crippen molar-refractivity contribution in [3.8, 4) is 0 Å². The molecule has 1 aromatic carbocycles. The minimum Gasteiger partial charge on any atom is -0.339 e. The van der Waals surface area contributed by atoms with Crippen molar-refractivity contribution in [1.82, 2.24) is 10.2 Å². The van der Waals surface area contributed by atoms with Crippen LogP contribution in [0.1, 0.15) is 44.2 Å². The maximum absolute atomic E-state index is 12.4. The number of carbonyl (C=O) groups is 1. The fraction of sp³-hybridized carbons (Fsp3) is 0.611. The summed E-state index contributed by atoms with van der Waals surface area (Å²) in [7, 11) is -1.37. The highest BCUT2D eigenvalue weighted by Crippen LogP contribution is 2.23. The molecule has 0 bridgehead atoms. The molecule has 1 heterocycles. The van der Waals surface area contributed by atoms with Crippen LogP contribution in [0.4, 0.5) is 0 Å². The second-order valence-electron chi connectivity index (χ2n) is 6.75. The van der Waals surface area contributed by atoms with E-state index in [9.17, 15) is 13.2 Å². The molecule has 1 fully saturated rings. The molecule has 2 rings (SSSR count). The Morgan fingerprint density at radius 3 is 2.32 bits per heavy atom. The van der Waals surface area contributed by atoms with E-state index in [4.69, 9.17) is 0 Å². The summed E-state index contributed by atoms with van der Waals surface area (Å²) in [6, 6.07) is 6.72. The van der Waals surface area contributed by atoms with Gasteiger partial charge in [-0.1, -0.05) is 12.1 Å². The van der Waals surface area contributed by atoms with E-state index in [2.05, 4.69) is 5.32 Å². The Labute approximate surface area is 157 Å². The minimum atomic E-state index is -3.19. The van der Waals surface area contributed by atoms with E-state index in [1.54, 1.807) is 29.2 Å². The monoisotopic (exact) mass is 388 g/mol. The number of piperidine rings is 1. The Balaban J connectivity index is 0.00000312. The van der Waals surface area contributed by atoms with Gasteiger partial charge in [-0.05, 0) is 62.9 Å². The van der Waals surface area contributed by atoms with Gasteiger partial charge in [-0.15, -0.1) is 12.4 Å². The van der Waals surface area contributed by atoms with E-state index < -0.39 is 9.84 Å². The molecule has 5 nitrogen and oxygen atoms in total. The molecule has 1 amide bonds. The molecule has 1 atom stereocenters. The van der Waals surface area contributed by atoms with Crippen molar-refractivity contribution in [2.45, 2.75) is 43.5 Å². The van der Waals surface area contributed by atoms with Crippen molar-refractivity contribution >= 4 is 28.2 Å². The lowest BCUT2D eigenvalue weighted by Gasteiger charge is -2.27. The summed E-state index contributed by atoms with van der Waals surface area (Å²) in [6.45, 7) is 4.08. The minimum absolute atomic E-state index is 0. The molecule has 1 aliphatic rings. The molecule has 1 aromatic rings. The topological polar surface area (TPSA) is 66.5 Å². The average molecular weight is 389 g/mol. The average Bonchev–Trinajstić information content (AvgIpc) is 2.58. The van der Waals surface area contributed by atoms with Crippen LogP contribution in [0.2, 0.25) is 0 Å².